The van der Waals surface area contributed by atoms with Crippen molar-refractivity contribution in [1.82, 2.24) is 0 Å². The predicted octanol–water partition coefficient (Wildman–Crippen LogP) is 4.63. The molecule has 0 aliphatic heterocycles. The van der Waals surface area contributed by atoms with E-state index in [1.165, 1.54) is 5.56 Å². The molecule has 0 aromatic heterocycles. The number of hydrogen-bond donors (Lipinski definition) is 1. The molecule has 0 aliphatic rings. The van der Waals surface area contributed by atoms with Gasteiger partial charge in [-0.3, -0.25) is 4.79 Å². The summed E-state index contributed by atoms with van der Waals surface area (Å²) in [6.07, 6.45) is 0.835. The highest BCUT2D eigenvalue weighted by Crippen LogP contribution is 2.18. The van der Waals surface area contributed by atoms with E-state index in [0.29, 0.717) is 18.0 Å². The van der Waals surface area contributed by atoms with Crippen LogP contribution in [0.5, 0.6) is 11.5 Å². The largest absolute Gasteiger partial charge is 0.493 e. The second-order valence-electron chi connectivity index (χ2n) is 6.26. The normalized spacial score (nSPS) is 10.3. The van der Waals surface area contributed by atoms with Crippen molar-refractivity contribution in [2.45, 2.75) is 13.3 Å². The van der Waals surface area contributed by atoms with Crippen molar-refractivity contribution < 1.29 is 14.3 Å². The van der Waals surface area contributed by atoms with Gasteiger partial charge in [0, 0.05) is 18.2 Å². The lowest BCUT2D eigenvalue weighted by atomic mass is 10.2. The van der Waals surface area contributed by atoms with Crippen LogP contribution in [-0.4, -0.2) is 19.1 Å². The molecule has 3 aromatic carbocycles. The number of nitrogens with one attached hydrogen (secondary N) is 1. The Morgan fingerprint density at radius 2 is 1.63 bits per heavy atom. The number of hydrogen-bond acceptors (Lipinski definition) is 3. The molecule has 3 rings (SSSR count). The summed E-state index contributed by atoms with van der Waals surface area (Å²) in [6, 6.07) is 25.2. The Kier molecular flexibility index (Phi) is 6.47. The van der Waals surface area contributed by atoms with Gasteiger partial charge in [-0.05, 0) is 36.8 Å². The van der Waals surface area contributed by atoms with Gasteiger partial charge >= 0.3 is 0 Å². The Labute approximate surface area is 159 Å². The maximum Gasteiger partial charge on any atom is 0.262 e. The monoisotopic (exact) mass is 361 g/mol. The van der Waals surface area contributed by atoms with Gasteiger partial charge in [-0.25, -0.2) is 0 Å². The van der Waals surface area contributed by atoms with Gasteiger partial charge in [-0.2, -0.15) is 0 Å². The molecule has 0 bridgehead atoms. The summed E-state index contributed by atoms with van der Waals surface area (Å²) < 4.78 is 11.3. The van der Waals surface area contributed by atoms with Crippen molar-refractivity contribution in [3.05, 3.63) is 90.0 Å². The predicted molar refractivity (Wildman–Crippen MR) is 107 cm³/mol. The fraction of sp³-hybridized carbons (Fsp3) is 0.174. The molecule has 0 aliphatic carbocycles. The molecule has 1 amide bonds. The average molecular weight is 361 g/mol. The van der Waals surface area contributed by atoms with E-state index in [2.05, 4.69) is 17.4 Å². The quantitative estimate of drug-likeness (QED) is 0.636. The van der Waals surface area contributed by atoms with Gasteiger partial charge in [-0.1, -0.05) is 54.1 Å². The third-order valence-corrected chi connectivity index (χ3v) is 4.01. The van der Waals surface area contributed by atoms with E-state index in [1.807, 2.05) is 73.7 Å². The SMILES string of the molecule is Cc1ccc(OCC(=O)Nc2cccc(OCCc3ccccc3)c2)cc1. The minimum atomic E-state index is -0.211. The molecule has 0 spiro atoms. The maximum atomic E-state index is 12.1. The summed E-state index contributed by atoms with van der Waals surface area (Å²) in [5.74, 6) is 1.19. The van der Waals surface area contributed by atoms with Crippen LogP contribution >= 0.6 is 0 Å². The lowest BCUT2D eigenvalue weighted by Gasteiger charge is -2.10. The number of amides is 1. The van der Waals surface area contributed by atoms with Gasteiger partial charge in [0.2, 0.25) is 0 Å². The number of rotatable bonds is 8. The molecule has 4 nitrogen and oxygen atoms in total. The fourth-order valence-corrected chi connectivity index (χ4v) is 2.58. The zero-order chi connectivity index (χ0) is 18.9. The average Bonchev–Trinajstić information content (AvgIpc) is 2.69. The summed E-state index contributed by atoms with van der Waals surface area (Å²) in [7, 11) is 0. The van der Waals surface area contributed by atoms with Crippen LogP contribution in [0.4, 0.5) is 5.69 Å². The number of carbonyl (C=O) groups is 1. The van der Waals surface area contributed by atoms with Crippen molar-refractivity contribution in [3.63, 3.8) is 0 Å². The zero-order valence-corrected chi connectivity index (χ0v) is 15.4. The van der Waals surface area contributed by atoms with E-state index in [0.717, 1.165) is 17.7 Å². The maximum absolute atomic E-state index is 12.1. The molecule has 4 heteroatoms. The first kappa shape index (κ1) is 18.5. The fourth-order valence-electron chi connectivity index (χ4n) is 2.58. The number of benzene rings is 3. The van der Waals surface area contributed by atoms with Crippen LogP contribution in [0.15, 0.2) is 78.9 Å². The van der Waals surface area contributed by atoms with E-state index in [-0.39, 0.29) is 12.5 Å². The number of aryl methyl sites for hydroxylation is 1. The van der Waals surface area contributed by atoms with Crippen molar-refractivity contribution in [2.24, 2.45) is 0 Å². The van der Waals surface area contributed by atoms with E-state index in [1.54, 1.807) is 0 Å². The first-order chi connectivity index (χ1) is 13.2. The smallest absolute Gasteiger partial charge is 0.262 e. The van der Waals surface area contributed by atoms with Crippen molar-refractivity contribution in [2.75, 3.05) is 18.5 Å². The third-order valence-electron chi connectivity index (χ3n) is 4.01. The molecule has 0 unspecified atom stereocenters. The third kappa shape index (κ3) is 6.19. The molecule has 0 fully saturated rings. The molecular formula is C23H23NO3. The van der Waals surface area contributed by atoms with Gasteiger partial charge in [0.15, 0.2) is 6.61 Å². The molecule has 0 atom stereocenters. The number of carbonyl (C=O) groups excluding carboxylic acids is 1. The van der Waals surface area contributed by atoms with Gasteiger partial charge in [0.1, 0.15) is 11.5 Å². The van der Waals surface area contributed by atoms with Gasteiger partial charge in [0.05, 0.1) is 6.61 Å². The summed E-state index contributed by atoms with van der Waals surface area (Å²) in [6.45, 7) is 2.55. The highest BCUT2D eigenvalue weighted by atomic mass is 16.5. The Balaban J connectivity index is 1.46. The Morgan fingerprint density at radius 1 is 0.852 bits per heavy atom. The number of anilines is 1. The topological polar surface area (TPSA) is 47.6 Å². The number of ether oxygens (including phenoxy) is 2. The van der Waals surface area contributed by atoms with Crippen LogP contribution in [0.25, 0.3) is 0 Å². The minimum absolute atomic E-state index is 0.0395. The summed E-state index contributed by atoms with van der Waals surface area (Å²) in [5, 5.41) is 2.83. The van der Waals surface area contributed by atoms with Gasteiger partial charge < -0.3 is 14.8 Å². The first-order valence-corrected chi connectivity index (χ1v) is 8.95. The van der Waals surface area contributed by atoms with Crippen LogP contribution in [0.3, 0.4) is 0 Å². The molecule has 138 valence electrons. The highest BCUT2D eigenvalue weighted by Gasteiger charge is 2.05. The zero-order valence-electron chi connectivity index (χ0n) is 15.4. The first-order valence-electron chi connectivity index (χ1n) is 8.95. The Hall–Kier alpha value is -3.27. The van der Waals surface area contributed by atoms with Crippen molar-refractivity contribution in [1.29, 1.82) is 0 Å². The second kappa shape index (κ2) is 9.43. The van der Waals surface area contributed by atoms with Crippen LogP contribution in [0, 0.1) is 6.92 Å². The van der Waals surface area contributed by atoms with Crippen molar-refractivity contribution in [3.8, 4) is 11.5 Å². The molecule has 0 saturated heterocycles. The molecule has 3 aromatic rings. The van der Waals surface area contributed by atoms with E-state index < -0.39 is 0 Å². The molecule has 27 heavy (non-hydrogen) atoms. The highest BCUT2D eigenvalue weighted by molar-refractivity contribution is 5.92. The van der Waals surface area contributed by atoms with E-state index in [4.69, 9.17) is 9.47 Å². The van der Waals surface area contributed by atoms with Crippen LogP contribution in [0.1, 0.15) is 11.1 Å². The molecular weight excluding hydrogens is 338 g/mol. The minimum Gasteiger partial charge on any atom is -0.493 e. The van der Waals surface area contributed by atoms with Crippen molar-refractivity contribution >= 4 is 11.6 Å². The van der Waals surface area contributed by atoms with E-state index >= 15 is 0 Å². The van der Waals surface area contributed by atoms with Crippen LogP contribution in [-0.2, 0) is 11.2 Å². The summed E-state index contributed by atoms with van der Waals surface area (Å²) in [5.41, 5.74) is 3.07. The molecule has 0 saturated carbocycles. The summed E-state index contributed by atoms with van der Waals surface area (Å²) in [4.78, 5) is 12.1. The standard InChI is InChI=1S/C23H23NO3/c1-18-10-12-21(13-11-18)27-17-23(25)24-20-8-5-9-22(16-20)26-15-14-19-6-3-2-4-7-19/h2-13,16H,14-15,17H2,1H3,(H,24,25). The van der Waals surface area contributed by atoms with Gasteiger partial charge in [-0.15, -0.1) is 0 Å². The lowest BCUT2D eigenvalue weighted by Crippen LogP contribution is -2.20. The van der Waals surface area contributed by atoms with Gasteiger partial charge in [0.25, 0.3) is 5.91 Å². The molecule has 0 radical (unpaired) electrons. The van der Waals surface area contributed by atoms with Crippen LogP contribution in [0.2, 0.25) is 0 Å². The molecule has 1 N–H and O–H groups in total. The second-order valence-corrected chi connectivity index (χ2v) is 6.26. The molecule has 0 heterocycles. The Bertz CT molecular complexity index is 860. The van der Waals surface area contributed by atoms with Crippen LogP contribution < -0.4 is 14.8 Å². The lowest BCUT2D eigenvalue weighted by molar-refractivity contribution is -0.118. The van der Waals surface area contributed by atoms with E-state index in [9.17, 15) is 4.79 Å². The summed E-state index contributed by atoms with van der Waals surface area (Å²) >= 11 is 0. The Morgan fingerprint density at radius 3 is 2.41 bits per heavy atom.